The van der Waals surface area contributed by atoms with E-state index in [1.54, 1.807) is 19.2 Å². The van der Waals surface area contributed by atoms with E-state index in [2.05, 4.69) is 9.97 Å². The van der Waals surface area contributed by atoms with Crippen LogP contribution >= 0.6 is 0 Å². The number of nitrogens with one attached hydrogen (secondary N) is 1. The monoisotopic (exact) mass is 245 g/mol. The van der Waals surface area contributed by atoms with Gasteiger partial charge in [0.15, 0.2) is 0 Å². The van der Waals surface area contributed by atoms with Gasteiger partial charge in [0, 0.05) is 30.8 Å². The molecule has 0 bridgehead atoms. The maximum Gasteiger partial charge on any atom is 0.251 e. The van der Waals surface area contributed by atoms with Crippen molar-refractivity contribution in [2.24, 2.45) is 0 Å². The molecule has 0 aliphatic heterocycles. The summed E-state index contributed by atoms with van der Waals surface area (Å²) in [5.41, 5.74) is 7.65. The van der Waals surface area contributed by atoms with E-state index in [9.17, 15) is 4.79 Å². The molecular formula is C13H15N3O2. The second-order valence-corrected chi connectivity index (χ2v) is 3.95. The van der Waals surface area contributed by atoms with Gasteiger partial charge in [0.2, 0.25) is 0 Å². The fourth-order valence-corrected chi connectivity index (χ4v) is 1.67. The Hall–Kier alpha value is -2.14. The van der Waals surface area contributed by atoms with Crippen molar-refractivity contribution >= 4 is 5.69 Å². The predicted octanol–water partition coefficient (Wildman–Crippen LogP) is 1.21. The van der Waals surface area contributed by atoms with Gasteiger partial charge in [-0.1, -0.05) is 12.1 Å². The first-order chi connectivity index (χ1) is 8.69. The van der Waals surface area contributed by atoms with Gasteiger partial charge in [-0.3, -0.25) is 4.79 Å². The van der Waals surface area contributed by atoms with Crippen LogP contribution in [0.2, 0.25) is 0 Å². The number of ether oxygens (including phenoxy) is 1. The third kappa shape index (κ3) is 2.95. The standard InChI is InChI=1S/C13H15N3O2/c1-18-6-5-12-15-11(8-13(17)16-12)9-3-2-4-10(14)7-9/h2-4,7-8H,5-6,14H2,1H3,(H,15,16,17). The molecule has 0 atom stereocenters. The molecular weight excluding hydrogens is 230 g/mol. The normalized spacial score (nSPS) is 10.5. The van der Waals surface area contributed by atoms with E-state index in [1.165, 1.54) is 6.07 Å². The average Bonchev–Trinajstić information content (AvgIpc) is 2.36. The lowest BCUT2D eigenvalue weighted by molar-refractivity contribution is 0.200. The number of nitrogens with two attached hydrogens (primary N) is 1. The van der Waals surface area contributed by atoms with Crippen molar-refractivity contribution in [2.45, 2.75) is 6.42 Å². The molecule has 1 aromatic carbocycles. The zero-order valence-corrected chi connectivity index (χ0v) is 10.1. The first-order valence-electron chi connectivity index (χ1n) is 5.64. The molecule has 2 rings (SSSR count). The Morgan fingerprint density at radius 1 is 1.39 bits per heavy atom. The Morgan fingerprint density at radius 2 is 2.22 bits per heavy atom. The minimum atomic E-state index is -0.173. The highest BCUT2D eigenvalue weighted by molar-refractivity contribution is 5.63. The summed E-state index contributed by atoms with van der Waals surface area (Å²) >= 11 is 0. The van der Waals surface area contributed by atoms with Crippen LogP contribution in [0.1, 0.15) is 5.82 Å². The van der Waals surface area contributed by atoms with E-state index in [1.807, 2.05) is 12.1 Å². The summed E-state index contributed by atoms with van der Waals surface area (Å²) in [6, 6.07) is 8.76. The highest BCUT2D eigenvalue weighted by Crippen LogP contribution is 2.17. The predicted molar refractivity (Wildman–Crippen MR) is 70.3 cm³/mol. The van der Waals surface area contributed by atoms with E-state index in [0.717, 1.165) is 5.56 Å². The molecule has 1 heterocycles. The topological polar surface area (TPSA) is 81.0 Å². The van der Waals surface area contributed by atoms with Crippen LogP contribution in [0, 0.1) is 0 Å². The molecule has 1 aromatic heterocycles. The van der Waals surface area contributed by atoms with E-state index >= 15 is 0 Å². The molecule has 0 unspecified atom stereocenters. The zero-order valence-electron chi connectivity index (χ0n) is 10.1. The SMILES string of the molecule is COCCc1nc(-c2cccc(N)c2)cc(=O)[nH]1. The summed E-state index contributed by atoms with van der Waals surface area (Å²) in [5, 5.41) is 0. The molecule has 94 valence electrons. The van der Waals surface area contributed by atoms with Crippen LogP contribution in [-0.4, -0.2) is 23.7 Å². The van der Waals surface area contributed by atoms with Gasteiger partial charge in [-0.2, -0.15) is 0 Å². The molecule has 0 fully saturated rings. The highest BCUT2D eigenvalue weighted by atomic mass is 16.5. The number of methoxy groups -OCH3 is 1. The third-order valence-electron chi connectivity index (χ3n) is 2.52. The van der Waals surface area contributed by atoms with Crippen molar-refractivity contribution in [1.82, 2.24) is 9.97 Å². The summed E-state index contributed by atoms with van der Waals surface area (Å²) in [6.07, 6.45) is 0.571. The summed E-state index contributed by atoms with van der Waals surface area (Å²) < 4.78 is 4.97. The molecule has 0 aliphatic carbocycles. The molecule has 18 heavy (non-hydrogen) atoms. The van der Waals surface area contributed by atoms with Crippen molar-refractivity contribution in [2.75, 3.05) is 19.5 Å². The first kappa shape index (κ1) is 12.3. The molecule has 5 nitrogen and oxygen atoms in total. The zero-order chi connectivity index (χ0) is 13.0. The number of H-pyrrole nitrogens is 1. The molecule has 0 saturated heterocycles. The van der Waals surface area contributed by atoms with Crippen LogP contribution in [-0.2, 0) is 11.2 Å². The maximum atomic E-state index is 11.6. The van der Waals surface area contributed by atoms with Crippen LogP contribution in [0.25, 0.3) is 11.3 Å². The lowest BCUT2D eigenvalue weighted by Crippen LogP contribution is -2.12. The number of benzene rings is 1. The van der Waals surface area contributed by atoms with Crippen LogP contribution < -0.4 is 11.3 Å². The Kier molecular flexibility index (Phi) is 3.74. The Morgan fingerprint density at radius 3 is 2.94 bits per heavy atom. The lowest BCUT2D eigenvalue weighted by Gasteiger charge is -2.05. The van der Waals surface area contributed by atoms with Crippen LogP contribution in [0.3, 0.4) is 0 Å². The average molecular weight is 245 g/mol. The van der Waals surface area contributed by atoms with Gasteiger partial charge >= 0.3 is 0 Å². The number of hydrogen-bond donors (Lipinski definition) is 2. The van der Waals surface area contributed by atoms with Gasteiger partial charge in [-0.05, 0) is 12.1 Å². The van der Waals surface area contributed by atoms with Crippen molar-refractivity contribution < 1.29 is 4.74 Å². The minimum Gasteiger partial charge on any atom is -0.399 e. The number of aromatic nitrogens is 2. The number of nitrogens with zero attached hydrogens (tertiary/aromatic N) is 1. The van der Waals surface area contributed by atoms with E-state index in [0.29, 0.717) is 30.2 Å². The second kappa shape index (κ2) is 5.46. The van der Waals surface area contributed by atoms with Gasteiger partial charge < -0.3 is 15.5 Å². The van der Waals surface area contributed by atoms with Gasteiger partial charge in [-0.15, -0.1) is 0 Å². The summed E-state index contributed by atoms with van der Waals surface area (Å²) in [6.45, 7) is 0.517. The molecule has 0 aliphatic rings. The Bertz CT molecular complexity index is 593. The molecule has 0 spiro atoms. The van der Waals surface area contributed by atoms with E-state index < -0.39 is 0 Å². The number of nitrogen functional groups attached to an aromatic ring is 1. The third-order valence-corrected chi connectivity index (χ3v) is 2.52. The molecule has 5 heteroatoms. The number of hydrogen-bond acceptors (Lipinski definition) is 4. The fourth-order valence-electron chi connectivity index (χ4n) is 1.67. The number of anilines is 1. The quantitative estimate of drug-likeness (QED) is 0.793. The maximum absolute atomic E-state index is 11.6. The molecule has 0 saturated carbocycles. The molecule has 0 amide bonds. The van der Waals surface area contributed by atoms with Crippen molar-refractivity contribution in [3.63, 3.8) is 0 Å². The van der Waals surface area contributed by atoms with Gasteiger partial charge in [0.25, 0.3) is 5.56 Å². The summed E-state index contributed by atoms with van der Waals surface area (Å²) in [5.74, 6) is 0.613. The van der Waals surface area contributed by atoms with E-state index in [-0.39, 0.29) is 5.56 Å². The smallest absolute Gasteiger partial charge is 0.251 e. The van der Waals surface area contributed by atoms with E-state index in [4.69, 9.17) is 10.5 Å². The largest absolute Gasteiger partial charge is 0.399 e. The molecule has 3 N–H and O–H groups in total. The van der Waals surface area contributed by atoms with Gasteiger partial charge in [0.1, 0.15) is 5.82 Å². The van der Waals surface area contributed by atoms with Crippen LogP contribution in [0.4, 0.5) is 5.69 Å². The first-order valence-corrected chi connectivity index (χ1v) is 5.64. The highest BCUT2D eigenvalue weighted by Gasteiger charge is 2.04. The second-order valence-electron chi connectivity index (χ2n) is 3.95. The lowest BCUT2D eigenvalue weighted by atomic mass is 10.1. The number of aromatic amines is 1. The minimum absolute atomic E-state index is 0.173. The Labute approximate surface area is 105 Å². The van der Waals surface area contributed by atoms with Gasteiger partial charge in [-0.25, -0.2) is 4.98 Å². The van der Waals surface area contributed by atoms with Crippen molar-refractivity contribution in [3.05, 3.63) is 46.5 Å². The molecule has 0 radical (unpaired) electrons. The van der Waals surface area contributed by atoms with Crippen molar-refractivity contribution in [1.29, 1.82) is 0 Å². The molecule has 2 aromatic rings. The summed E-state index contributed by atoms with van der Waals surface area (Å²) in [4.78, 5) is 18.6. The van der Waals surface area contributed by atoms with Gasteiger partial charge in [0.05, 0.1) is 12.3 Å². The fraction of sp³-hybridized carbons (Fsp3) is 0.231. The van der Waals surface area contributed by atoms with Crippen LogP contribution in [0.15, 0.2) is 35.1 Å². The van der Waals surface area contributed by atoms with Crippen molar-refractivity contribution in [3.8, 4) is 11.3 Å². The number of rotatable bonds is 4. The van der Waals surface area contributed by atoms with Crippen LogP contribution in [0.5, 0.6) is 0 Å². The summed E-state index contributed by atoms with van der Waals surface area (Å²) in [7, 11) is 1.61. The Balaban J connectivity index is 2.38.